The van der Waals surface area contributed by atoms with Gasteiger partial charge in [0, 0.05) is 6.54 Å². The second-order valence-corrected chi connectivity index (χ2v) is 4.88. The largest absolute Gasteiger partial charge is 0.480 e. The standard InChI is InChI=1S/C15H20FNO2/c1-11(2)10-14(15(18)19)17-9-3-4-12-5-7-13(16)8-6-12/h3-8,11,14,17H,9-10H2,1-2H3,(H,18,19)/b4-3+/t14-/m0/s1. The van der Waals surface area contributed by atoms with Gasteiger partial charge < -0.3 is 10.4 Å². The summed E-state index contributed by atoms with van der Waals surface area (Å²) in [6, 6.07) is 5.61. The first kappa shape index (κ1) is 15.4. The molecule has 1 aromatic carbocycles. The van der Waals surface area contributed by atoms with E-state index in [-0.39, 0.29) is 5.82 Å². The van der Waals surface area contributed by atoms with Crippen LogP contribution in [0.15, 0.2) is 30.3 Å². The molecule has 104 valence electrons. The lowest BCUT2D eigenvalue weighted by atomic mass is 10.0. The number of carboxylic acids is 1. The highest BCUT2D eigenvalue weighted by Gasteiger charge is 2.16. The van der Waals surface area contributed by atoms with Crippen LogP contribution in [0.4, 0.5) is 4.39 Å². The highest BCUT2D eigenvalue weighted by atomic mass is 19.1. The van der Waals surface area contributed by atoms with E-state index in [2.05, 4.69) is 5.32 Å². The Labute approximate surface area is 113 Å². The molecule has 3 nitrogen and oxygen atoms in total. The summed E-state index contributed by atoms with van der Waals surface area (Å²) in [4.78, 5) is 11.0. The quantitative estimate of drug-likeness (QED) is 0.797. The van der Waals surface area contributed by atoms with Crippen molar-refractivity contribution in [2.75, 3.05) is 6.54 Å². The lowest BCUT2D eigenvalue weighted by Gasteiger charge is -2.15. The first-order valence-corrected chi connectivity index (χ1v) is 6.37. The molecule has 2 N–H and O–H groups in total. The normalized spacial score (nSPS) is 13.1. The van der Waals surface area contributed by atoms with Crippen molar-refractivity contribution in [1.82, 2.24) is 5.32 Å². The molecule has 1 aromatic rings. The maximum Gasteiger partial charge on any atom is 0.320 e. The van der Waals surface area contributed by atoms with Crippen molar-refractivity contribution in [2.45, 2.75) is 26.3 Å². The van der Waals surface area contributed by atoms with Gasteiger partial charge >= 0.3 is 5.97 Å². The van der Waals surface area contributed by atoms with Gasteiger partial charge in [-0.15, -0.1) is 0 Å². The fourth-order valence-electron chi connectivity index (χ4n) is 1.72. The van der Waals surface area contributed by atoms with E-state index in [4.69, 9.17) is 5.11 Å². The molecular formula is C15H20FNO2. The Balaban J connectivity index is 2.43. The molecule has 0 spiro atoms. The van der Waals surface area contributed by atoms with Crippen LogP contribution in [0.25, 0.3) is 6.08 Å². The van der Waals surface area contributed by atoms with Crippen molar-refractivity contribution in [2.24, 2.45) is 5.92 Å². The van der Waals surface area contributed by atoms with E-state index >= 15 is 0 Å². The maximum atomic E-state index is 12.7. The van der Waals surface area contributed by atoms with Gasteiger partial charge in [0.2, 0.25) is 0 Å². The maximum absolute atomic E-state index is 12.7. The molecule has 1 rings (SSSR count). The van der Waals surface area contributed by atoms with Crippen molar-refractivity contribution in [3.05, 3.63) is 41.7 Å². The topological polar surface area (TPSA) is 49.3 Å². The van der Waals surface area contributed by atoms with E-state index in [1.165, 1.54) is 12.1 Å². The Bertz CT molecular complexity index is 426. The average Bonchev–Trinajstić information content (AvgIpc) is 2.34. The predicted molar refractivity (Wildman–Crippen MR) is 74.3 cm³/mol. The van der Waals surface area contributed by atoms with Crippen LogP contribution < -0.4 is 5.32 Å². The van der Waals surface area contributed by atoms with Crippen LogP contribution in [0, 0.1) is 11.7 Å². The smallest absolute Gasteiger partial charge is 0.320 e. The molecular weight excluding hydrogens is 245 g/mol. The minimum atomic E-state index is -0.830. The summed E-state index contributed by atoms with van der Waals surface area (Å²) in [6.45, 7) is 4.46. The summed E-state index contributed by atoms with van der Waals surface area (Å²) in [5, 5.41) is 12.0. The van der Waals surface area contributed by atoms with E-state index in [1.54, 1.807) is 12.1 Å². The molecule has 1 atom stereocenters. The fraction of sp³-hybridized carbons (Fsp3) is 0.400. The van der Waals surface area contributed by atoms with Gasteiger partial charge in [0.1, 0.15) is 11.9 Å². The molecule has 0 saturated carbocycles. The zero-order valence-electron chi connectivity index (χ0n) is 11.3. The molecule has 0 aliphatic carbocycles. The van der Waals surface area contributed by atoms with Gasteiger partial charge in [-0.2, -0.15) is 0 Å². The second-order valence-electron chi connectivity index (χ2n) is 4.88. The van der Waals surface area contributed by atoms with Gasteiger partial charge in [-0.1, -0.05) is 38.1 Å². The van der Waals surface area contributed by atoms with Crippen LogP contribution in [0.5, 0.6) is 0 Å². The summed E-state index contributed by atoms with van der Waals surface area (Å²) in [6.07, 6.45) is 4.27. The molecule has 0 amide bonds. The summed E-state index contributed by atoms with van der Waals surface area (Å²) in [5.41, 5.74) is 0.888. The van der Waals surface area contributed by atoms with Crippen LogP contribution in [-0.2, 0) is 4.79 Å². The first-order valence-electron chi connectivity index (χ1n) is 6.37. The molecule has 4 heteroatoms. The number of hydrogen-bond acceptors (Lipinski definition) is 2. The highest BCUT2D eigenvalue weighted by Crippen LogP contribution is 2.06. The molecule has 0 aliphatic heterocycles. The number of rotatable bonds is 7. The van der Waals surface area contributed by atoms with Crippen LogP contribution in [0.2, 0.25) is 0 Å². The Kier molecular flexibility index (Phi) is 6.22. The predicted octanol–water partition coefficient (Wildman–Crippen LogP) is 2.93. The number of halogens is 1. The number of carboxylic acid groups (broad SMARTS) is 1. The fourth-order valence-corrected chi connectivity index (χ4v) is 1.72. The highest BCUT2D eigenvalue weighted by molar-refractivity contribution is 5.73. The van der Waals surface area contributed by atoms with Crippen molar-refractivity contribution in [3.8, 4) is 0 Å². The number of carbonyl (C=O) groups is 1. The van der Waals surface area contributed by atoms with Crippen molar-refractivity contribution < 1.29 is 14.3 Å². The first-order chi connectivity index (χ1) is 8.99. The van der Waals surface area contributed by atoms with Gasteiger partial charge in [-0.3, -0.25) is 4.79 Å². The van der Waals surface area contributed by atoms with Crippen LogP contribution in [0.1, 0.15) is 25.8 Å². The summed E-state index contributed by atoms with van der Waals surface area (Å²) < 4.78 is 12.7. The molecule has 0 aliphatic rings. The number of nitrogens with one attached hydrogen (secondary N) is 1. The van der Waals surface area contributed by atoms with Gasteiger partial charge in [-0.25, -0.2) is 4.39 Å². The zero-order valence-corrected chi connectivity index (χ0v) is 11.3. The van der Waals surface area contributed by atoms with Crippen molar-refractivity contribution in [3.63, 3.8) is 0 Å². The van der Waals surface area contributed by atoms with Crippen molar-refractivity contribution in [1.29, 1.82) is 0 Å². The van der Waals surface area contributed by atoms with Crippen molar-refractivity contribution >= 4 is 12.0 Å². The SMILES string of the molecule is CC(C)C[C@H](NC/C=C/c1ccc(F)cc1)C(=O)O. The lowest BCUT2D eigenvalue weighted by Crippen LogP contribution is -2.37. The Hall–Kier alpha value is -1.68. The number of aliphatic carboxylic acids is 1. The van der Waals surface area contributed by atoms with E-state index in [9.17, 15) is 9.18 Å². The molecule has 0 saturated heterocycles. The Morgan fingerprint density at radius 1 is 1.37 bits per heavy atom. The summed E-state index contributed by atoms with van der Waals surface area (Å²) >= 11 is 0. The summed E-state index contributed by atoms with van der Waals surface area (Å²) in [7, 11) is 0. The molecule has 0 aromatic heterocycles. The van der Waals surface area contributed by atoms with Crippen LogP contribution >= 0.6 is 0 Å². The van der Waals surface area contributed by atoms with E-state index in [1.807, 2.05) is 26.0 Å². The number of benzene rings is 1. The monoisotopic (exact) mass is 265 g/mol. The van der Waals surface area contributed by atoms with E-state index < -0.39 is 12.0 Å². The third kappa shape index (κ3) is 6.15. The Morgan fingerprint density at radius 3 is 2.53 bits per heavy atom. The molecule has 0 fully saturated rings. The van der Waals surface area contributed by atoms with E-state index in [0.29, 0.717) is 18.9 Å². The average molecular weight is 265 g/mol. The minimum absolute atomic E-state index is 0.266. The van der Waals surface area contributed by atoms with Crippen LogP contribution in [-0.4, -0.2) is 23.7 Å². The third-order valence-corrected chi connectivity index (χ3v) is 2.67. The molecule has 0 radical (unpaired) electrons. The van der Waals surface area contributed by atoms with Gasteiger partial charge in [0.25, 0.3) is 0 Å². The zero-order chi connectivity index (χ0) is 14.3. The molecule has 0 heterocycles. The van der Waals surface area contributed by atoms with Gasteiger partial charge in [0.15, 0.2) is 0 Å². The second kappa shape index (κ2) is 7.69. The molecule has 0 unspecified atom stereocenters. The Morgan fingerprint density at radius 2 is 2.00 bits per heavy atom. The van der Waals surface area contributed by atoms with Crippen LogP contribution in [0.3, 0.4) is 0 Å². The number of hydrogen-bond donors (Lipinski definition) is 2. The molecule has 19 heavy (non-hydrogen) atoms. The third-order valence-electron chi connectivity index (χ3n) is 2.67. The van der Waals surface area contributed by atoms with Gasteiger partial charge in [0.05, 0.1) is 0 Å². The minimum Gasteiger partial charge on any atom is -0.480 e. The van der Waals surface area contributed by atoms with Gasteiger partial charge in [-0.05, 0) is 30.0 Å². The van der Waals surface area contributed by atoms with E-state index in [0.717, 1.165) is 5.56 Å². The summed E-state index contributed by atoms with van der Waals surface area (Å²) in [5.74, 6) is -0.767. The lowest BCUT2D eigenvalue weighted by molar-refractivity contribution is -0.139. The molecule has 0 bridgehead atoms.